The number of amides is 1. The summed E-state index contributed by atoms with van der Waals surface area (Å²) in [6, 6.07) is 4.61. The normalized spacial score (nSPS) is 10.7. The van der Waals surface area contributed by atoms with Crippen LogP contribution in [0, 0.1) is 0 Å². The predicted octanol–water partition coefficient (Wildman–Crippen LogP) is 1.30. The number of carboxylic acids is 1. The Morgan fingerprint density at radius 3 is 2.21 bits per heavy atom. The lowest BCUT2D eigenvalue weighted by molar-refractivity contribution is -0.143. The van der Waals surface area contributed by atoms with Crippen LogP contribution in [0.5, 0.6) is 11.5 Å². The van der Waals surface area contributed by atoms with Crippen molar-refractivity contribution in [3.8, 4) is 11.5 Å². The number of hydrogen-bond donors (Lipinski definition) is 2. The van der Waals surface area contributed by atoms with Crippen molar-refractivity contribution in [3.05, 3.63) is 23.8 Å². The molecule has 0 bridgehead atoms. The molecular weight excluding hydrogens is 250 g/mol. The molecule has 6 nitrogen and oxygen atoms in total. The van der Waals surface area contributed by atoms with Gasteiger partial charge in [-0.3, -0.25) is 4.79 Å². The van der Waals surface area contributed by atoms with E-state index < -0.39 is 17.4 Å². The van der Waals surface area contributed by atoms with Crippen molar-refractivity contribution in [1.29, 1.82) is 0 Å². The number of nitrogens with one attached hydrogen (secondary N) is 1. The summed E-state index contributed by atoms with van der Waals surface area (Å²) < 4.78 is 10.1. The zero-order chi connectivity index (χ0) is 14.6. The molecule has 0 atom stereocenters. The molecule has 0 aromatic heterocycles. The number of carbonyl (C=O) groups is 2. The van der Waals surface area contributed by atoms with Crippen LogP contribution in [0.15, 0.2) is 18.2 Å². The van der Waals surface area contributed by atoms with Gasteiger partial charge in [-0.15, -0.1) is 0 Å². The molecule has 1 aromatic rings. The van der Waals surface area contributed by atoms with Gasteiger partial charge in [0.1, 0.15) is 5.54 Å². The van der Waals surface area contributed by atoms with E-state index in [1.807, 2.05) is 0 Å². The maximum Gasteiger partial charge on any atom is 0.328 e. The lowest BCUT2D eigenvalue weighted by atomic mass is 10.1. The van der Waals surface area contributed by atoms with E-state index in [1.165, 1.54) is 40.2 Å². The smallest absolute Gasteiger partial charge is 0.328 e. The molecular formula is C13H17NO5. The lowest BCUT2D eigenvalue weighted by Crippen LogP contribution is -2.49. The Bertz CT molecular complexity index is 496. The van der Waals surface area contributed by atoms with E-state index in [-0.39, 0.29) is 0 Å². The first-order valence-electron chi connectivity index (χ1n) is 5.59. The highest BCUT2D eigenvalue weighted by atomic mass is 16.5. The fourth-order valence-corrected chi connectivity index (χ4v) is 1.39. The minimum atomic E-state index is -1.34. The number of rotatable bonds is 5. The summed E-state index contributed by atoms with van der Waals surface area (Å²) in [7, 11) is 2.95. The second-order valence-electron chi connectivity index (χ2n) is 4.45. The fourth-order valence-electron chi connectivity index (χ4n) is 1.39. The lowest BCUT2D eigenvalue weighted by Gasteiger charge is -2.21. The van der Waals surface area contributed by atoms with Crippen LogP contribution in [0.1, 0.15) is 24.2 Å². The number of aliphatic carboxylic acids is 1. The summed E-state index contributed by atoms with van der Waals surface area (Å²) in [5.41, 5.74) is -1.04. The van der Waals surface area contributed by atoms with Gasteiger partial charge in [-0.05, 0) is 32.0 Å². The van der Waals surface area contributed by atoms with Gasteiger partial charge < -0.3 is 19.9 Å². The highest BCUT2D eigenvalue weighted by molar-refractivity contribution is 5.98. The van der Waals surface area contributed by atoms with Crippen LogP contribution in [0.4, 0.5) is 0 Å². The number of hydrogen-bond acceptors (Lipinski definition) is 4. The second kappa shape index (κ2) is 5.60. The molecule has 0 unspecified atom stereocenters. The number of ether oxygens (including phenoxy) is 2. The van der Waals surface area contributed by atoms with Crippen LogP contribution < -0.4 is 14.8 Å². The van der Waals surface area contributed by atoms with E-state index in [0.717, 1.165) is 0 Å². The van der Waals surface area contributed by atoms with Gasteiger partial charge in [-0.1, -0.05) is 0 Å². The molecule has 0 saturated carbocycles. The molecule has 19 heavy (non-hydrogen) atoms. The Kier molecular flexibility index (Phi) is 4.37. The van der Waals surface area contributed by atoms with Crippen LogP contribution in [0.25, 0.3) is 0 Å². The van der Waals surface area contributed by atoms with Gasteiger partial charge >= 0.3 is 5.97 Å². The van der Waals surface area contributed by atoms with Crippen molar-refractivity contribution in [2.24, 2.45) is 0 Å². The number of carboxylic acid groups (broad SMARTS) is 1. The van der Waals surface area contributed by atoms with Gasteiger partial charge in [0, 0.05) is 5.56 Å². The molecule has 0 saturated heterocycles. The van der Waals surface area contributed by atoms with Crippen molar-refractivity contribution in [3.63, 3.8) is 0 Å². The maximum absolute atomic E-state index is 12.0. The molecule has 0 radical (unpaired) electrons. The molecule has 0 aliphatic heterocycles. The van der Waals surface area contributed by atoms with Crippen LogP contribution in [-0.2, 0) is 4.79 Å². The Labute approximate surface area is 111 Å². The van der Waals surface area contributed by atoms with Crippen LogP contribution >= 0.6 is 0 Å². The van der Waals surface area contributed by atoms with E-state index in [0.29, 0.717) is 17.1 Å². The summed E-state index contributed by atoms with van der Waals surface area (Å²) >= 11 is 0. The molecule has 1 rings (SSSR count). The van der Waals surface area contributed by atoms with Crippen LogP contribution in [0.3, 0.4) is 0 Å². The Morgan fingerprint density at radius 2 is 1.74 bits per heavy atom. The maximum atomic E-state index is 12.0. The molecule has 104 valence electrons. The molecule has 0 heterocycles. The third kappa shape index (κ3) is 3.37. The van der Waals surface area contributed by atoms with E-state index in [1.54, 1.807) is 6.07 Å². The molecule has 0 spiro atoms. The first-order valence-corrected chi connectivity index (χ1v) is 5.59. The number of methoxy groups -OCH3 is 2. The van der Waals surface area contributed by atoms with Crippen LogP contribution in [0.2, 0.25) is 0 Å². The van der Waals surface area contributed by atoms with E-state index in [4.69, 9.17) is 14.6 Å². The zero-order valence-corrected chi connectivity index (χ0v) is 11.3. The zero-order valence-electron chi connectivity index (χ0n) is 11.3. The largest absolute Gasteiger partial charge is 0.493 e. The van der Waals surface area contributed by atoms with Crippen molar-refractivity contribution < 1.29 is 24.2 Å². The van der Waals surface area contributed by atoms with Crippen molar-refractivity contribution in [2.45, 2.75) is 19.4 Å². The second-order valence-corrected chi connectivity index (χ2v) is 4.45. The Morgan fingerprint density at radius 1 is 1.16 bits per heavy atom. The summed E-state index contributed by atoms with van der Waals surface area (Å²) in [5, 5.41) is 11.4. The first-order chi connectivity index (χ1) is 8.81. The highest BCUT2D eigenvalue weighted by Gasteiger charge is 2.29. The fraction of sp³-hybridized carbons (Fsp3) is 0.385. The summed E-state index contributed by atoms with van der Waals surface area (Å²) in [4.78, 5) is 22.9. The summed E-state index contributed by atoms with van der Waals surface area (Å²) in [5.74, 6) is -0.700. The topological polar surface area (TPSA) is 84.9 Å². The van der Waals surface area contributed by atoms with Gasteiger partial charge in [-0.2, -0.15) is 0 Å². The highest BCUT2D eigenvalue weighted by Crippen LogP contribution is 2.27. The average molecular weight is 267 g/mol. The molecule has 1 aromatic carbocycles. The van der Waals surface area contributed by atoms with Crippen molar-refractivity contribution >= 4 is 11.9 Å². The number of carbonyl (C=O) groups excluding carboxylic acids is 1. The standard InChI is InChI=1S/C13H17NO5/c1-13(2,12(16)17)14-11(15)8-5-6-9(18-3)10(7-8)19-4/h5-7H,1-4H3,(H,14,15)(H,16,17). The average Bonchev–Trinajstić information content (AvgIpc) is 2.37. The quantitative estimate of drug-likeness (QED) is 0.839. The van der Waals surface area contributed by atoms with Crippen LogP contribution in [-0.4, -0.2) is 36.7 Å². The van der Waals surface area contributed by atoms with E-state index in [9.17, 15) is 9.59 Å². The molecule has 6 heteroatoms. The predicted molar refractivity (Wildman–Crippen MR) is 68.7 cm³/mol. The van der Waals surface area contributed by atoms with Crippen molar-refractivity contribution in [2.75, 3.05) is 14.2 Å². The summed E-state index contributed by atoms with van der Waals surface area (Å²) in [6.07, 6.45) is 0. The van der Waals surface area contributed by atoms with Crippen molar-refractivity contribution in [1.82, 2.24) is 5.32 Å². The van der Waals surface area contributed by atoms with Gasteiger partial charge in [0.2, 0.25) is 0 Å². The number of benzene rings is 1. The Hall–Kier alpha value is -2.24. The van der Waals surface area contributed by atoms with Gasteiger partial charge in [-0.25, -0.2) is 4.79 Å². The van der Waals surface area contributed by atoms with E-state index in [2.05, 4.69) is 5.32 Å². The molecule has 0 fully saturated rings. The molecule has 0 aliphatic carbocycles. The molecule has 2 N–H and O–H groups in total. The monoisotopic (exact) mass is 267 g/mol. The Balaban J connectivity index is 2.98. The minimum absolute atomic E-state index is 0.298. The van der Waals surface area contributed by atoms with Gasteiger partial charge in [0.15, 0.2) is 11.5 Å². The summed E-state index contributed by atoms with van der Waals surface area (Å²) in [6.45, 7) is 2.82. The molecule has 0 aliphatic rings. The van der Waals surface area contributed by atoms with Gasteiger partial charge in [0.25, 0.3) is 5.91 Å². The van der Waals surface area contributed by atoms with Gasteiger partial charge in [0.05, 0.1) is 14.2 Å². The SMILES string of the molecule is COc1ccc(C(=O)NC(C)(C)C(=O)O)cc1OC. The third-order valence-electron chi connectivity index (χ3n) is 2.61. The minimum Gasteiger partial charge on any atom is -0.493 e. The van der Waals surface area contributed by atoms with E-state index >= 15 is 0 Å². The first kappa shape index (κ1) is 14.8. The third-order valence-corrected chi connectivity index (χ3v) is 2.61. The molecule has 1 amide bonds.